The van der Waals surface area contributed by atoms with Crippen molar-refractivity contribution in [1.82, 2.24) is 9.80 Å². The number of benzene rings is 2. The van der Waals surface area contributed by atoms with Gasteiger partial charge in [0.2, 0.25) is 0 Å². The summed E-state index contributed by atoms with van der Waals surface area (Å²) in [6.07, 6.45) is 0.651. The van der Waals surface area contributed by atoms with Gasteiger partial charge < -0.3 is 4.90 Å². The van der Waals surface area contributed by atoms with Crippen molar-refractivity contribution in [1.29, 1.82) is 0 Å². The summed E-state index contributed by atoms with van der Waals surface area (Å²) in [5, 5.41) is 12.1. The summed E-state index contributed by atoms with van der Waals surface area (Å²) in [4.78, 5) is 39.2. The van der Waals surface area contributed by atoms with Crippen LogP contribution in [0.3, 0.4) is 0 Å². The maximum atomic E-state index is 12.7. The van der Waals surface area contributed by atoms with E-state index in [0.29, 0.717) is 23.7 Å². The molecule has 7 nitrogen and oxygen atoms in total. The molecule has 1 aliphatic heterocycles. The molecule has 7 heteroatoms. The molecular formula is C17H17N3O4. The number of nitrogens with zero attached hydrogens (tertiary/aromatic N) is 3. The zero-order chi connectivity index (χ0) is 17.4. The molecule has 0 bridgehead atoms. The van der Waals surface area contributed by atoms with E-state index in [9.17, 15) is 19.7 Å². The van der Waals surface area contributed by atoms with Crippen molar-refractivity contribution in [3.8, 4) is 0 Å². The number of imide groups is 1. The molecule has 2 aromatic rings. The normalized spacial score (nSPS) is 13.9. The molecule has 1 aliphatic rings. The molecule has 0 aliphatic carbocycles. The van der Waals surface area contributed by atoms with Gasteiger partial charge in [0.15, 0.2) is 0 Å². The van der Waals surface area contributed by atoms with Gasteiger partial charge in [-0.25, -0.2) is 0 Å². The molecule has 0 aromatic heterocycles. The number of carbonyl (C=O) groups is 2. The highest BCUT2D eigenvalue weighted by molar-refractivity contribution is 6.27. The second-order valence-electron chi connectivity index (χ2n) is 6.04. The lowest BCUT2D eigenvalue weighted by molar-refractivity contribution is -0.383. The van der Waals surface area contributed by atoms with E-state index in [2.05, 4.69) is 0 Å². The lowest BCUT2D eigenvalue weighted by Crippen LogP contribution is -2.32. The smallest absolute Gasteiger partial charge is 0.278 e. The third kappa shape index (κ3) is 2.52. The molecule has 0 fully saturated rings. The minimum atomic E-state index is -0.519. The molecular weight excluding hydrogens is 310 g/mol. The lowest BCUT2D eigenvalue weighted by atomic mass is 9.99. The number of fused-ring (bicyclic) bond motifs is 3. The van der Waals surface area contributed by atoms with E-state index < -0.39 is 10.8 Å². The van der Waals surface area contributed by atoms with Crippen molar-refractivity contribution < 1.29 is 14.5 Å². The molecule has 0 saturated carbocycles. The van der Waals surface area contributed by atoms with Gasteiger partial charge in [0.1, 0.15) is 0 Å². The number of nitro groups is 1. The number of carbonyl (C=O) groups excluding carboxylic acids is 2. The Morgan fingerprint density at radius 2 is 1.79 bits per heavy atom. The molecule has 3 rings (SSSR count). The summed E-state index contributed by atoms with van der Waals surface area (Å²) in [6.45, 7) is 1.04. The third-order valence-electron chi connectivity index (χ3n) is 4.14. The number of hydrogen-bond donors (Lipinski definition) is 0. The van der Waals surface area contributed by atoms with Gasteiger partial charge in [-0.2, -0.15) is 0 Å². The minimum absolute atomic E-state index is 0.121. The van der Waals surface area contributed by atoms with Gasteiger partial charge >= 0.3 is 0 Å². The zero-order valence-corrected chi connectivity index (χ0v) is 13.5. The number of non-ortho nitro benzene ring substituents is 1. The first-order chi connectivity index (χ1) is 11.4. The van der Waals surface area contributed by atoms with Crippen LogP contribution in [0, 0.1) is 10.1 Å². The molecule has 124 valence electrons. The van der Waals surface area contributed by atoms with Crippen LogP contribution in [-0.4, -0.2) is 53.7 Å². The van der Waals surface area contributed by atoms with E-state index in [1.54, 1.807) is 24.3 Å². The van der Waals surface area contributed by atoms with Crippen molar-refractivity contribution in [2.75, 3.05) is 27.2 Å². The highest BCUT2D eigenvalue weighted by Gasteiger charge is 2.38. The van der Waals surface area contributed by atoms with Gasteiger partial charge in [-0.3, -0.25) is 24.6 Å². The average molecular weight is 327 g/mol. The molecule has 24 heavy (non-hydrogen) atoms. The third-order valence-corrected chi connectivity index (χ3v) is 4.14. The first-order valence-corrected chi connectivity index (χ1v) is 7.63. The van der Waals surface area contributed by atoms with E-state index in [0.717, 1.165) is 6.54 Å². The highest BCUT2D eigenvalue weighted by Crippen LogP contribution is 2.36. The van der Waals surface area contributed by atoms with Crippen LogP contribution < -0.4 is 0 Å². The maximum Gasteiger partial charge on any atom is 0.278 e. The topological polar surface area (TPSA) is 83.8 Å². The van der Waals surface area contributed by atoms with Crippen LogP contribution in [0.5, 0.6) is 0 Å². The highest BCUT2D eigenvalue weighted by atomic mass is 16.6. The predicted molar refractivity (Wildman–Crippen MR) is 89.1 cm³/mol. The Kier molecular flexibility index (Phi) is 4.02. The molecule has 0 unspecified atom stereocenters. The minimum Gasteiger partial charge on any atom is -0.309 e. The van der Waals surface area contributed by atoms with Gasteiger partial charge in [-0.05, 0) is 33.1 Å². The molecule has 2 amide bonds. The van der Waals surface area contributed by atoms with Crippen LogP contribution in [0.4, 0.5) is 5.69 Å². The summed E-state index contributed by atoms with van der Waals surface area (Å²) in [6, 6.07) is 7.86. The van der Waals surface area contributed by atoms with Gasteiger partial charge in [0, 0.05) is 18.0 Å². The van der Waals surface area contributed by atoms with Crippen LogP contribution in [0.2, 0.25) is 0 Å². The van der Waals surface area contributed by atoms with E-state index in [4.69, 9.17) is 0 Å². The molecule has 0 saturated heterocycles. The summed E-state index contributed by atoms with van der Waals surface area (Å²) in [7, 11) is 3.83. The fourth-order valence-corrected chi connectivity index (χ4v) is 3.03. The number of amides is 2. The van der Waals surface area contributed by atoms with Gasteiger partial charge in [-0.15, -0.1) is 0 Å². The van der Waals surface area contributed by atoms with Crippen molar-refractivity contribution in [2.24, 2.45) is 0 Å². The fourth-order valence-electron chi connectivity index (χ4n) is 3.03. The van der Waals surface area contributed by atoms with E-state index in [-0.39, 0.29) is 22.7 Å². The molecule has 0 spiro atoms. The summed E-state index contributed by atoms with van der Waals surface area (Å²) >= 11 is 0. The van der Waals surface area contributed by atoms with Crippen LogP contribution in [0.1, 0.15) is 27.1 Å². The Bertz CT molecular complexity index is 860. The maximum absolute atomic E-state index is 12.7. The molecule has 0 N–H and O–H groups in total. The Morgan fingerprint density at radius 3 is 2.42 bits per heavy atom. The Morgan fingerprint density at radius 1 is 1.12 bits per heavy atom. The SMILES string of the molecule is CN(C)CCCN1C(=O)c2cc([N+](=O)[O-])c3ccccc3c2C1=O. The first-order valence-electron chi connectivity index (χ1n) is 7.63. The Balaban J connectivity index is 2.08. The van der Waals surface area contributed by atoms with Crippen molar-refractivity contribution in [3.63, 3.8) is 0 Å². The Hall–Kier alpha value is -2.80. The molecule has 2 aromatic carbocycles. The number of nitro benzene ring substituents is 1. The van der Waals surface area contributed by atoms with Gasteiger partial charge in [-0.1, -0.05) is 18.2 Å². The number of hydrogen-bond acceptors (Lipinski definition) is 5. The summed E-state index contributed by atoms with van der Waals surface area (Å²) in [5.74, 6) is -0.831. The standard InChI is InChI=1S/C17H17N3O4/c1-18(2)8-5-9-19-16(21)13-10-14(20(23)24)11-6-3-4-7-12(11)15(13)17(19)22/h3-4,6-7,10H,5,8-9H2,1-2H3. The van der Waals surface area contributed by atoms with Crippen LogP contribution in [0.25, 0.3) is 10.8 Å². The van der Waals surface area contributed by atoms with E-state index >= 15 is 0 Å². The van der Waals surface area contributed by atoms with Gasteiger partial charge in [0.25, 0.3) is 17.5 Å². The average Bonchev–Trinajstić information content (AvgIpc) is 2.78. The van der Waals surface area contributed by atoms with Crippen molar-refractivity contribution >= 4 is 28.3 Å². The van der Waals surface area contributed by atoms with Crippen LogP contribution >= 0.6 is 0 Å². The zero-order valence-electron chi connectivity index (χ0n) is 13.5. The summed E-state index contributed by atoms with van der Waals surface area (Å²) < 4.78 is 0. The van der Waals surface area contributed by atoms with Crippen molar-refractivity contribution in [2.45, 2.75) is 6.42 Å². The fraction of sp³-hybridized carbons (Fsp3) is 0.294. The molecule has 0 radical (unpaired) electrons. The number of rotatable bonds is 5. The molecule has 0 atom stereocenters. The Labute approximate surface area is 138 Å². The quantitative estimate of drug-likeness (QED) is 0.478. The second kappa shape index (κ2) is 6.01. The van der Waals surface area contributed by atoms with Crippen molar-refractivity contribution in [3.05, 3.63) is 51.6 Å². The largest absolute Gasteiger partial charge is 0.309 e. The van der Waals surface area contributed by atoms with Crippen LogP contribution in [0.15, 0.2) is 30.3 Å². The first kappa shape index (κ1) is 16.1. The molecule has 1 heterocycles. The van der Waals surface area contributed by atoms with Gasteiger partial charge in [0.05, 0.1) is 21.4 Å². The summed E-state index contributed by atoms with van der Waals surface area (Å²) in [5.41, 5.74) is 0.238. The lowest BCUT2D eigenvalue weighted by Gasteiger charge is -2.15. The monoisotopic (exact) mass is 327 g/mol. The van der Waals surface area contributed by atoms with Crippen LogP contribution in [-0.2, 0) is 0 Å². The predicted octanol–water partition coefficient (Wildman–Crippen LogP) is 2.30. The van der Waals surface area contributed by atoms with E-state index in [1.807, 2.05) is 19.0 Å². The second-order valence-corrected chi connectivity index (χ2v) is 6.04. The van der Waals surface area contributed by atoms with E-state index in [1.165, 1.54) is 11.0 Å².